The van der Waals surface area contributed by atoms with Gasteiger partial charge in [0.25, 0.3) is 5.91 Å². The first-order valence-corrected chi connectivity index (χ1v) is 12.5. The molecule has 1 N–H and O–H groups in total. The summed E-state index contributed by atoms with van der Waals surface area (Å²) >= 11 is 1.12. The zero-order valence-corrected chi connectivity index (χ0v) is 19.2. The minimum atomic E-state index is -3.77. The van der Waals surface area contributed by atoms with Gasteiger partial charge in [0.05, 0.1) is 19.3 Å². The molecule has 2 aromatic heterocycles. The molecule has 0 spiro atoms. The number of amides is 1. The summed E-state index contributed by atoms with van der Waals surface area (Å²) in [6.07, 6.45) is 1.65. The van der Waals surface area contributed by atoms with Crippen molar-refractivity contribution in [1.82, 2.24) is 14.6 Å². The number of nitrogens with one attached hydrogen (secondary N) is 1. The molecule has 32 heavy (non-hydrogen) atoms. The summed E-state index contributed by atoms with van der Waals surface area (Å²) in [5.74, 6) is 0.363. The van der Waals surface area contributed by atoms with Gasteiger partial charge in [0.15, 0.2) is 0 Å². The molecule has 0 radical (unpaired) electrons. The van der Waals surface area contributed by atoms with Gasteiger partial charge in [0, 0.05) is 38.1 Å². The van der Waals surface area contributed by atoms with E-state index in [1.807, 2.05) is 30.3 Å². The fourth-order valence-electron chi connectivity index (χ4n) is 3.54. The maximum atomic E-state index is 13.3. The molecule has 1 aromatic carbocycles. The van der Waals surface area contributed by atoms with Crippen LogP contribution < -0.4 is 15.0 Å². The highest BCUT2D eigenvalue weighted by molar-refractivity contribution is 7.89. The van der Waals surface area contributed by atoms with Crippen LogP contribution in [0.4, 0.5) is 5.69 Å². The van der Waals surface area contributed by atoms with Gasteiger partial charge in [-0.3, -0.25) is 9.78 Å². The highest BCUT2D eigenvalue weighted by Crippen LogP contribution is 2.27. The number of piperazine rings is 1. The maximum absolute atomic E-state index is 13.3. The van der Waals surface area contributed by atoms with Gasteiger partial charge in [-0.1, -0.05) is 6.07 Å². The van der Waals surface area contributed by atoms with Crippen LogP contribution in [0.2, 0.25) is 0 Å². The first-order chi connectivity index (χ1) is 15.5. The molecule has 168 valence electrons. The Hall–Kier alpha value is -2.95. The normalized spacial score (nSPS) is 14.8. The van der Waals surface area contributed by atoms with E-state index >= 15 is 0 Å². The summed E-state index contributed by atoms with van der Waals surface area (Å²) in [6, 6.07) is 14.6. The number of pyridine rings is 1. The van der Waals surface area contributed by atoms with Crippen LogP contribution in [0.3, 0.4) is 0 Å². The van der Waals surface area contributed by atoms with Crippen LogP contribution in [0.5, 0.6) is 5.75 Å². The van der Waals surface area contributed by atoms with Crippen LogP contribution in [0.25, 0.3) is 0 Å². The smallest absolute Gasteiger partial charge is 0.263 e. The van der Waals surface area contributed by atoms with Gasteiger partial charge < -0.3 is 15.0 Å². The summed E-state index contributed by atoms with van der Waals surface area (Å²) in [5, 5.41) is 4.40. The third-order valence-corrected chi connectivity index (χ3v) is 8.27. The summed E-state index contributed by atoms with van der Waals surface area (Å²) < 4.78 is 33.2. The van der Waals surface area contributed by atoms with E-state index in [2.05, 4.69) is 15.2 Å². The van der Waals surface area contributed by atoms with Gasteiger partial charge in [-0.15, -0.1) is 11.3 Å². The Balaban J connectivity index is 1.42. The number of benzene rings is 1. The lowest BCUT2D eigenvalue weighted by atomic mass is 10.2. The first kappa shape index (κ1) is 22.3. The lowest BCUT2D eigenvalue weighted by Crippen LogP contribution is -2.48. The van der Waals surface area contributed by atoms with Crippen molar-refractivity contribution in [3.8, 4) is 5.75 Å². The fourth-order valence-corrected chi connectivity index (χ4v) is 6.28. The van der Waals surface area contributed by atoms with Gasteiger partial charge >= 0.3 is 0 Å². The topological polar surface area (TPSA) is 91.8 Å². The Bertz CT molecular complexity index is 1160. The lowest BCUT2D eigenvalue weighted by Gasteiger charge is -2.35. The Morgan fingerprint density at radius 2 is 1.84 bits per heavy atom. The number of aromatic nitrogens is 1. The van der Waals surface area contributed by atoms with Crippen LogP contribution >= 0.6 is 11.3 Å². The second-order valence-electron chi connectivity index (χ2n) is 7.21. The van der Waals surface area contributed by atoms with E-state index in [0.29, 0.717) is 31.9 Å². The third kappa shape index (κ3) is 4.77. The van der Waals surface area contributed by atoms with Crippen LogP contribution in [0.1, 0.15) is 15.4 Å². The number of carbonyl (C=O) groups is 1. The molecule has 0 aliphatic carbocycles. The summed E-state index contributed by atoms with van der Waals surface area (Å²) in [4.78, 5) is 19.2. The van der Waals surface area contributed by atoms with E-state index in [1.54, 1.807) is 30.8 Å². The van der Waals surface area contributed by atoms with Crippen molar-refractivity contribution in [1.29, 1.82) is 0 Å². The Morgan fingerprint density at radius 1 is 1.09 bits per heavy atom. The molecule has 3 aromatic rings. The number of nitrogens with zero attached hydrogens (tertiary/aromatic N) is 3. The van der Waals surface area contributed by atoms with Crippen molar-refractivity contribution in [3.63, 3.8) is 0 Å². The molecule has 4 rings (SSSR count). The maximum Gasteiger partial charge on any atom is 0.263 e. The predicted octanol–water partition coefficient (Wildman–Crippen LogP) is 2.59. The molecule has 3 heterocycles. The van der Waals surface area contributed by atoms with Crippen molar-refractivity contribution in [2.75, 3.05) is 38.2 Å². The molecule has 0 saturated carbocycles. The molecule has 1 saturated heterocycles. The Kier molecular flexibility index (Phi) is 6.73. The fraction of sp³-hybridized carbons (Fsp3) is 0.273. The Morgan fingerprint density at radius 3 is 2.50 bits per heavy atom. The number of carbonyl (C=O) groups excluding carboxylic acids is 1. The predicted molar refractivity (Wildman–Crippen MR) is 124 cm³/mol. The number of methoxy groups -OCH3 is 1. The standard InChI is InChI=1S/C22H24N4O4S2/c1-30-19-7-5-18(6-8-19)25-11-13-26(14-12-25)32(28,29)20-9-15-31-21(20)22(27)24-16-17-4-2-3-10-23-17/h2-10,15H,11-14,16H2,1H3,(H,24,27). The van der Waals surface area contributed by atoms with E-state index in [9.17, 15) is 13.2 Å². The van der Waals surface area contributed by atoms with Crippen LogP contribution in [0.15, 0.2) is 65.0 Å². The van der Waals surface area contributed by atoms with E-state index in [1.165, 1.54) is 10.4 Å². The molecule has 1 fully saturated rings. The van der Waals surface area contributed by atoms with E-state index < -0.39 is 15.9 Å². The molecule has 0 bridgehead atoms. The van der Waals surface area contributed by atoms with Crippen molar-refractivity contribution in [3.05, 3.63) is 70.7 Å². The number of ether oxygens (including phenoxy) is 1. The van der Waals surface area contributed by atoms with E-state index in [0.717, 1.165) is 22.8 Å². The second kappa shape index (κ2) is 9.68. The number of rotatable bonds is 7. The summed E-state index contributed by atoms with van der Waals surface area (Å²) in [6.45, 7) is 2.06. The van der Waals surface area contributed by atoms with Crippen LogP contribution in [-0.2, 0) is 16.6 Å². The number of anilines is 1. The van der Waals surface area contributed by atoms with Crippen molar-refractivity contribution >= 4 is 33.0 Å². The number of hydrogen-bond donors (Lipinski definition) is 1. The third-order valence-electron chi connectivity index (χ3n) is 5.29. The van der Waals surface area contributed by atoms with E-state index in [-0.39, 0.29) is 16.3 Å². The minimum absolute atomic E-state index is 0.0546. The monoisotopic (exact) mass is 472 g/mol. The first-order valence-electron chi connectivity index (χ1n) is 10.1. The van der Waals surface area contributed by atoms with Crippen LogP contribution in [-0.4, -0.2) is 56.9 Å². The Labute approximate surface area is 191 Å². The SMILES string of the molecule is COc1ccc(N2CCN(S(=O)(=O)c3ccsc3C(=O)NCc3ccccn3)CC2)cc1. The molecule has 10 heteroatoms. The highest BCUT2D eigenvalue weighted by Gasteiger charge is 2.32. The largest absolute Gasteiger partial charge is 0.497 e. The van der Waals surface area contributed by atoms with Gasteiger partial charge in [-0.25, -0.2) is 8.42 Å². The number of hydrogen-bond acceptors (Lipinski definition) is 7. The average molecular weight is 473 g/mol. The van der Waals surface area contributed by atoms with Gasteiger partial charge in [0.2, 0.25) is 10.0 Å². The summed E-state index contributed by atoms with van der Waals surface area (Å²) in [7, 11) is -2.15. The van der Waals surface area contributed by atoms with Crippen molar-refractivity contribution in [2.24, 2.45) is 0 Å². The second-order valence-corrected chi connectivity index (χ2v) is 10.0. The quantitative estimate of drug-likeness (QED) is 0.568. The zero-order valence-electron chi connectivity index (χ0n) is 17.6. The molecular formula is C22H24N4O4S2. The summed E-state index contributed by atoms with van der Waals surface area (Å²) in [5.41, 5.74) is 1.73. The van der Waals surface area contributed by atoms with Crippen molar-refractivity contribution < 1.29 is 17.9 Å². The molecule has 1 aliphatic heterocycles. The lowest BCUT2D eigenvalue weighted by molar-refractivity contribution is 0.0951. The zero-order chi connectivity index (χ0) is 22.6. The molecule has 8 nitrogen and oxygen atoms in total. The highest BCUT2D eigenvalue weighted by atomic mass is 32.2. The van der Waals surface area contributed by atoms with E-state index in [4.69, 9.17) is 4.74 Å². The minimum Gasteiger partial charge on any atom is -0.497 e. The van der Waals surface area contributed by atoms with Crippen LogP contribution in [0, 0.1) is 0 Å². The average Bonchev–Trinajstić information content (AvgIpc) is 3.34. The molecular weight excluding hydrogens is 448 g/mol. The van der Waals surface area contributed by atoms with Gasteiger partial charge in [-0.05, 0) is 47.8 Å². The van der Waals surface area contributed by atoms with Gasteiger partial charge in [-0.2, -0.15) is 4.31 Å². The van der Waals surface area contributed by atoms with Crippen molar-refractivity contribution in [2.45, 2.75) is 11.4 Å². The number of thiophene rings is 1. The van der Waals surface area contributed by atoms with Gasteiger partial charge in [0.1, 0.15) is 15.5 Å². The molecule has 1 amide bonds. The molecule has 0 unspecified atom stereocenters. The number of sulfonamides is 1. The molecule has 1 aliphatic rings. The molecule has 0 atom stereocenters.